The fourth-order valence-corrected chi connectivity index (χ4v) is 5.98. The Balaban J connectivity index is 1.67. The number of nitrogens with two attached hydrogens (primary N) is 1. The summed E-state index contributed by atoms with van der Waals surface area (Å²) in [6.45, 7) is 2.61. The number of nitrogens with zero attached hydrogens (tertiary/aromatic N) is 4. The highest BCUT2D eigenvalue weighted by Gasteiger charge is 2.35. The molecule has 2 heterocycles. The first-order chi connectivity index (χ1) is 15.9. The van der Waals surface area contributed by atoms with Crippen LogP contribution >= 0.6 is 23.2 Å². The van der Waals surface area contributed by atoms with Crippen molar-refractivity contribution in [3.8, 4) is 0 Å². The summed E-state index contributed by atoms with van der Waals surface area (Å²) in [5, 5.41) is 2.98. The number of hydrogen-bond donors (Lipinski definition) is 1. The minimum absolute atomic E-state index is 0.183. The predicted octanol–water partition coefficient (Wildman–Crippen LogP) is 3.82. The van der Waals surface area contributed by atoms with Gasteiger partial charge in [-0.3, -0.25) is 0 Å². The molecule has 0 atom stereocenters. The zero-order valence-electron chi connectivity index (χ0n) is 17.9. The number of piperazine rings is 1. The summed E-state index contributed by atoms with van der Waals surface area (Å²) in [7, 11) is -3.96. The predicted molar refractivity (Wildman–Crippen MR) is 133 cm³/mol. The molecule has 1 aliphatic rings. The quantitative estimate of drug-likeness (QED) is 0.525. The number of aromatic nitrogens is 1. The number of rotatable bonds is 7. The second kappa shape index (κ2) is 10.3. The van der Waals surface area contributed by atoms with Crippen LogP contribution in [0.15, 0.2) is 71.8 Å². The average Bonchev–Trinajstić information content (AvgIpc) is 2.81. The van der Waals surface area contributed by atoms with Crippen molar-refractivity contribution in [2.24, 2.45) is 5.73 Å². The van der Waals surface area contributed by atoms with Crippen LogP contribution in [0.1, 0.15) is 5.56 Å². The van der Waals surface area contributed by atoms with Gasteiger partial charge in [0, 0.05) is 48.1 Å². The third-order valence-electron chi connectivity index (χ3n) is 5.49. The molecule has 0 spiro atoms. The number of anilines is 2. The maximum atomic E-state index is 14.0. The van der Waals surface area contributed by atoms with Crippen molar-refractivity contribution in [2.75, 3.05) is 42.0 Å². The number of pyridine rings is 1. The number of sulfonamides is 1. The van der Waals surface area contributed by atoms with E-state index in [2.05, 4.69) is 9.88 Å². The highest BCUT2D eigenvalue weighted by molar-refractivity contribution is 7.92. The van der Waals surface area contributed by atoms with Gasteiger partial charge in [-0.1, -0.05) is 29.3 Å². The fraction of sp³-hybridized carbons (Fsp3) is 0.261. The molecule has 3 aromatic rings. The molecule has 0 bridgehead atoms. The summed E-state index contributed by atoms with van der Waals surface area (Å²) < 4.78 is 29.2. The minimum atomic E-state index is -3.96. The lowest BCUT2D eigenvalue weighted by atomic mass is 10.1. The molecule has 1 fully saturated rings. The molecule has 0 aliphatic carbocycles. The zero-order chi connectivity index (χ0) is 23.4. The monoisotopic (exact) mass is 505 g/mol. The molecule has 7 nitrogen and oxygen atoms in total. The summed E-state index contributed by atoms with van der Waals surface area (Å²) in [4.78, 5) is 6.74. The van der Waals surface area contributed by atoms with Crippen LogP contribution in [0.25, 0.3) is 0 Å². The van der Waals surface area contributed by atoms with Crippen molar-refractivity contribution in [2.45, 2.75) is 11.3 Å². The molecule has 0 unspecified atom stereocenters. The normalized spacial score (nSPS) is 14.9. The SMILES string of the molecule is NCCc1cc(Cl)ccc1S(=O)(=O)N(c1ccccn1)N1CCN(c2ccc(Cl)cc2)CC1. The molecule has 1 aromatic heterocycles. The van der Waals surface area contributed by atoms with Gasteiger partial charge in [-0.2, -0.15) is 12.8 Å². The lowest BCUT2D eigenvalue weighted by molar-refractivity contribution is 0.269. The second-order valence-electron chi connectivity index (χ2n) is 7.64. The van der Waals surface area contributed by atoms with E-state index in [1.54, 1.807) is 42.6 Å². The topological polar surface area (TPSA) is 82.8 Å². The van der Waals surface area contributed by atoms with Gasteiger partial charge in [0.15, 0.2) is 5.82 Å². The van der Waals surface area contributed by atoms with Crippen LogP contribution in [0.2, 0.25) is 10.0 Å². The van der Waals surface area contributed by atoms with Gasteiger partial charge in [0.25, 0.3) is 10.0 Å². The zero-order valence-corrected chi connectivity index (χ0v) is 20.3. The molecular weight excluding hydrogens is 481 g/mol. The van der Waals surface area contributed by atoms with E-state index >= 15 is 0 Å². The molecular formula is C23H25Cl2N5O2S. The van der Waals surface area contributed by atoms with Crippen molar-refractivity contribution >= 4 is 44.7 Å². The number of halogens is 2. The van der Waals surface area contributed by atoms with Gasteiger partial charge in [0.2, 0.25) is 0 Å². The van der Waals surface area contributed by atoms with Crippen molar-refractivity contribution < 1.29 is 8.42 Å². The van der Waals surface area contributed by atoms with Crippen LogP contribution < -0.4 is 15.0 Å². The Labute approximate surface area is 204 Å². The van der Waals surface area contributed by atoms with Crippen molar-refractivity contribution in [1.82, 2.24) is 9.99 Å². The number of hydrogen-bond acceptors (Lipinski definition) is 6. The fourth-order valence-electron chi connectivity index (χ4n) is 3.92. The standard InChI is InChI=1S/C23H25Cl2N5O2S/c24-19-4-7-21(8-5-19)28-13-15-29(16-14-28)30(23-3-1-2-12-27-23)33(31,32)22-9-6-20(25)17-18(22)10-11-26/h1-9,12,17H,10-11,13-16,26H2. The molecule has 10 heteroatoms. The Morgan fingerprint density at radius 2 is 1.64 bits per heavy atom. The van der Waals surface area contributed by atoms with Crippen LogP contribution in [0.4, 0.5) is 11.5 Å². The summed E-state index contributed by atoms with van der Waals surface area (Å²) in [5.41, 5.74) is 7.38. The summed E-state index contributed by atoms with van der Waals surface area (Å²) in [6.07, 6.45) is 1.99. The van der Waals surface area contributed by atoms with E-state index in [1.165, 1.54) is 4.41 Å². The Bertz CT molecular complexity index is 1190. The first kappa shape index (κ1) is 23.8. The van der Waals surface area contributed by atoms with Crippen LogP contribution in [0.5, 0.6) is 0 Å². The third-order valence-corrected chi connectivity index (χ3v) is 7.81. The van der Waals surface area contributed by atoms with E-state index < -0.39 is 10.0 Å². The van der Waals surface area contributed by atoms with E-state index in [0.717, 1.165) is 5.69 Å². The van der Waals surface area contributed by atoms with Gasteiger partial charge in [-0.15, -0.1) is 0 Å². The Morgan fingerprint density at radius 1 is 0.939 bits per heavy atom. The van der Waals surface area contributed by atoms with Crippen LogP contribution in [-0.2, 0) is 16.4 Å². The largest absolute Gasteiger partial charge is 0.369 e. The molecule has 174 valence electrons. The smallest absolute Gasteiger partial charge is 0.279 e. The van der Waals surface area contributed by atoms with E-state index in [-0.39, 0.29) is 4.90 Å². The third kappa shape index (κ3) is 5.26. The van der Waals surface area contributed by atoms with Gasteiger partial charge >= 0.3 is 0 Å². The van der Waals surface area contributed by atoms with E-state index in [1.807, 2.05) is 29.3 Å². The molecule has 2 aromatic carbocycles. The molecule has 1 saturated heterocycles. The van der Waals surface area contributed by atoms with E-state index in [4.69, 9.17) is 28.9 Å². The lowest BCUT2D eigenvalue weighted by Crippen LogP contribution is -2.56. The van der Waals surface area contributed by atoms with Crippen LogP contribution in [-0.4, -0.2) is 51.1 Å². The highest BCUT2D eigenvalue weighted by atomic mass is 35.5. The maximum Gasteiger partial charge on any atom is 0.279 e. The summed E-state index contributed by atoms with van der Waals surface area (Å²) >= 11 is 12.2. The first-order valence-corrected chi connectivity index (χ1v) is 12.8. The van der Waals surface area contributed by atoms with Crippen molar-refractivity contribution in [1.29, 1.82) is 0 Å². The molecule has 4 rings (SSSR count). The molecule has 0 saturated carbocycles. The van der Waals surface area contributed by atoms with Gasteiger partial charge in [0.1, 0.15) is 0 Å². The lowest BCUT2D eigenvalue weighted by Gasteiger charge is -2.41. The van der Waals surface area contributed by atoms with Gasteiger partial charge < -0.3 is 10.6 Å². The second-order valence-corrected chi connectivity index (χ2v) is 10.3. The Kier molecular flexibility index (Phi) is 7.41. The molecule has 2 N–H and O–H groups in total. The Morgan fingerprint density at radius 3 is 2.27 bits per heavy atom. The van der Waals surface area contributed by atoms with Crippen molar-refractivity contribution in [3.05, 3.63) is 82.5 Å². The molecule has 0 radical (unpaired) electrons. The van der Waals surface area contributed by atoms with E-state index in [0.29, 0.717) is 60.6 Å². The van der Waals surface area contributed by atoms with Crippen LogP contribution in [0, 0.1) is 0 Å². The summed E-state index contributed by atoms with van der Waals surface area (Å²) in [5.74, 6) is 0.339. The maximum absolute atomic E-state index is 14.0. The van der Waals surface area contributed by atoms with Crippen LogP contribution in [0.3, 0.4) is 0 Å². The average molecular weight is 506 g/mol. The number of hydrazine groups is 1. The summed E-state index contributed by atoms with van der Waals surface area (Å²) in [6, 6.07) is 17.7. The molecule has 33 heavy (non-hydrogen) atoms. The van der Waals surface area contributed by atoms with E-state index in [9.17, 15) is 8.42 Å². The van der Waals surface area contributed by atoms with Gasteiger partial charge in [-0.05, 0) is 73.1 Å². The molecule has 1 aliphatic heterocycles. The van der Waals surface area contributed by atoms with Gasteiger partial charge in [0.05, 0.1) is 4.90 Å². The number of benzene rings is 2. The van der Waals surface area contributed by atoms with Gasteiger partial charge in [-0.25, -0.2) is 9.99 Å². The Hall–Kier alpha value is -2.36. The van der Waals surface area contributed by atoms with Crippen molar-refractivity contribution in [3.63, 3.8) is 0 Å². The molecule has 0 amide bonds. The minimum Gasteiger partial charge on any atom is -0.369 e. The first-order valence-electron chi connectivity index (χ1n) is 10.6. The highest BCUT2D eigenvalue weighted by Crippen LogP contribution is 2.29.